The summed E-state index contributed by atoms with van der Waals surface area (Å²) in [5.74, 6) is -1.69. The maximum atomic E-state index is 13.2. The van der Waals surface area contributed by atoms with Gasteiger partial charge in [0.25, 0.3) is 5.91 Å². The third-order valence-electron chi connectivity index (χ3n) is 3.57. The Hall–Kier alpha value is -2.86. The van der Waals surface area contributed by atoms with Crippen molar-refractivity contribution in [3.8, 4) is 0 Å². The Morgan fingerprint density at radius 1 is 0.957 bits per heavy atom. The molecule has 0 spiro atoms. The predicted molar refractivity (Wildman–Crippen MR) is 78.7 cm³/mol. The molecule has 0 aliphatic heterocycles. The largest absolute Gasteiger partial charge is 0.372 e. The zero-order chi connectivity index (χ0) is 16.4. The number of aliphatic hydroxyl groups is 1. The highest BCUT2D eigenvalue weighted by molar-refractivity contribution is 5.91. The fraction of sp³-hybridized carbons (Fsp3) is 0.0588. The van der Waals surface area contributed by atoms with Crippen LogP contribution in [-0.2, 0) is 5.60 Å². The maximum absolute atomic E-state index is 13.2. The van der Waals surface area contributed by atoms with Gasteiger partial charge in [-0.25, -0.2) is 13.8 Å². The Labute approximate surface area is 130 Å². The van der Waals surface area contributed by atoms with Crippen molar-refractivity contribution in [1.29, 1.82) is 0 Å². The molecular formula is C17H12F2N2O2. The van der Waals surface area contributed by atoms with Crippen LogP contribution in [0.3, 0.4) is 0 Å². The third kappa shape index (κ3) is 2.64. The minimum Gasteiger partial charge on any atom is -0.372 e. The quantitative estimate of drug-likeness (QED) is 0.809. The first kappa shape index (κ1) is 15.1. The van der Waals surface area contributed by atoms with Crippen LogP contribution in [0.15, 0.2) is 67.3 Å². The van der Waals surface area contributed by atoms with E-state index in [4.69, 9.17) is 0 Å². The normalized spacial score (nSPS) is 11.4. The third-order valence-corrected chi connectivity index (χ3v) is 3.57. The highest BCUT2D eigenvalue weighted by atomic mass is 19.1. The van der Waals surface area contributed by atoms with Gasteiger partial charge in [0.15, 0.2) is 5.60 Å². The molecule has 0 saturated heterocycles. The summed E-state index contributed by atoms with van der Waals surface area (Å²) in [4.78, 5) is 16.6. The van der Waals surface area contributed by atoms with E-state index in [-0.39, 0.29) is 11.1 Å². The van der Waals surface area contributed by atoms with E-state index in [1.54, 1.807) is 0 Å². The van der Waals surface area contributed by atoms with Gasteiger partial charge in [0.05, 0.1) is 0 Å². The van der Waals surface area contributed by atoms with Crippen molar-refractivity contribution in [3.63, 3.8) is 0 Å². The summed E-state index contributed by atoms with van der Waals surface area (Å²) in [5, 5.41) is 11.1. The number of rotatable bonds is 3. The highest BCUT2D eigenvalue weighted by Crippen LogP contribution is 2.31. The number of imidazole rings is 1. The Morgan fingerprint density at radius 3 is 1.83 bits per heavy atom. The van der Waals surface area contributed by atoms with Gasteiger partial charge < -0.3 is 5.11 Å². The molecule has 0 amide bonds. The van der Waals surface area contributed by atoms with E-state index in [2.05, 4.69) is 4.98 Å². The molecule has 0 unspecified atom stereocenters. The summed E-state index contributed by atoms with van der Waals surface area (Å²) in [6.07, 6.45) is 4.04. The molecule has 0 aliphatic rings. The molecule has 0 atom stereocenters. The molecule has 23 heavy (non-hydrogen) atoms. The first-order valence-electron chi connectivity index (χ1n) is 6.79. The number of halogens is 2. The highest BCUT2D eigenvalue weighted by Gasteiger charge is 2.41. The Bertz CT molecular complexity index is 767. The van der Waals surface area contributed by atoms with Crippen LogP contribution in [-0.4, -0.2) is 20.6 Å². The van der Waals surface area contributed by atoms with Crippen molar-refractivity contribution in [2.75, 3.05) is 0 Å². The standard InChI is InChI=1S/C17H12F2N2O2/c18-14-5-1-12(2-6-14)17(23,13-3-7-15(19)8-4-13)16(22)21-10-9-20-11-21/h1-11,23H. The van der Waals surface area contributed by atoms with Crippen LogP contribution >= 0.6 is 0 Å². The van der Waals surface area contributed by atoms with Gasteiger partial charge in [-0.2, -0.15) is 0 Å². The van der Waals surface area contributed by atoms with Gasteiger partial charge >= 0.3 is 0 Å². The van der Waals surface area contributed by atoms with Crippen molar-refractivity contribution >= 4 is 5.91 Å². The molecule has 1 heterocycles. The Balaban J connectivity index is 2.18. The molecule has 0 fully saturated rings. The fourth-order valence-corrected chi connectivity index (χ4v) is 2.36. The van der Waals surface area contributed by atoms with E-state index < -0.39 is 23.1 Å². The summed E-state index contributed by atoms with van der Waals surface area (Å²) in [7, 11) is 0. The van der Waals surface area contributed by atoms with Crippen LogP contribution in [0.5, 0.6) is 0 Å². The van der Waals surface area contributed by atoms with Crippen molar-refractivity contribution in [1.82, 2.24) is 9.55 Å². The van der Waals surface area contributed by atoms with Crippen LogP contribution in [0.1, 0.15) is 15.9 Å². The summed E-state index contributed by atoms with van der Waals surface area (Å²) >= 11 is 0. The average molecular weight is 314 g/mol. The number of aromatic nitrogens is 2. The lowest BCUT2D eigenvalue weighted by Gasteiger charge is -2.27. The van der Waals surface area contributed by atoms with Crippen LogP contribution in [0.4, 0.5) is 8.78 Å². The molecule has 0 bridgehead atoms. The molecule has 1 N–H and O–H groups in total. The predicted octanol–water partition coefficient (Wildman–Crippen LogP) is 2.74. The lowest BCUT2D eigenvalue weighted by molar-refractivity contribution is 0.0390. The summed E-state index contributed by atoms with van der Waals surface area (Å²) in [6, 6.07) is 9.83. The minimum atomic E-state index is -2.10. The number of carbonyl (C=O) groups is 1. The molecule has 3 rings (SSSR count). The number of hydrogen-bond donors (Lipinski definition) is 1. The topological polar surface area (TPSA) is 55.1 Å². The molecule has 6 heteroatoms. The van der Waals surface area contributed by atoms with Crippen LogP contribution in [0.2, 0.25) is 0 Å². The van der Waals surface area contributed by atoms with Gasteiger partial charge in [0.2, 0.25) is 0 Å². The van der Waals surface area contributed by atoms with Crippen molar-refractivity contribution in [3.05, 3.63) is 90.0 Å². The van der Waals surface area contributed by atoms with Crippen molar-refractivity contribution in [2.45, 2.75) is 5.60 Å². The lowest BCUT2D eigenvalue weighted by Crippen LogP contribution is -2.40. The van der Waals surface area contributed by atoms with E-state index in [9.17, 15) is 18.7 Å². The first-order chi connectivity index (χ1) is 11.0. The smallest absolute Gasteiger partial charge is 0.273 e. The molecular weight excluding hydrogens is 302 g/mol. The van der Waals surface area contributed by atoms with Gasteiger partial charge in [-0.1, -0.05) is 24.3 Å². The second-order valence-corrected chi connectivity index (χ2v) is 5.00. The average Bonchev–Trinajstić information content (AvgIpc) is 3.09. The van der Waals surface area contributed by atoms with Crippen molar-refractivity contribution in [2.24, 2.45) is 0 Å². The molecule has 0 saturated carbocycles. The van der Waals surface area contributed by atoms with Gasteiger partial charge in [-0.05, 0) is 35.4 Å². The van der Waals surface area contributed by atoms with E-state index >= 15 is 0 Å². The number of benzene rings is 2. The van der Waals surface area contributed by atoms with Crippen LogP contribution < -0.4 is 0 Å². The van der Waals surface area contributed by atoms with Gasteiger partial charge in [0, 0.05) is 12.4 Å². The Kier molecular flexibility index (Phi) is 3.75. The zero-order valence-electron chi connectivity index (χ0n) is 11.9. The number of hydrogen-bond acceptors (Lipinski definition) is 3. The lowest BCUT2D eigenvalue weighted by atomic mass is 9.85. The number of nitrogens with zero attached hydrogens (tertiary/aromatic N) is 2. The summed E-state index contributed by atoms with van der Waals surface area (Å²) in [6.45, 7) is 0. The molecule has 3 aromatic rings. The molecule has 2 aromatic carbocycles. The van der Waals surface area contributed by atoms with Crippen LogP contribution in [0.25, 0.3) is 0 Å². The first-order valence-corrected chi connectivity index (χ1v) is 6.79. The van der Waals surface area contributed by atoms with Gasteiger partial charge in [-0.15, -0.1) is 0 Å². The SMILES string of the molecule is O=C(n1ccnc1)C(O)(c1ccc(F)cc1)c1ccc(F)cc1. The van der Waals surface area contributed by atoms with Crippen LogP contribution in [0, 0.1) is 11.6 Å². The molecule has 116 valence electrons. The monoisotopic (exact) mass is 314 g/mol. The van der Waals surface area contributed by atoms with Gasteiger partial charge in [-0.3, -0.25) is 9.36 Å². The summed E-state index contributed by atoms with van der Waals surface area (Å²) < 4.78 is 27.5. The molecule has 0 radical (unpaired) electrons. The van der Waals surface area contributed by atoms with E-state index in [0.717, 1.165) is 28.8 Å². The van der Waals surface area contributed by atoms with Gasteiger partial charge in [0.1, 0.15) is 18.0 Å². The maximum Gasteiger partial charge on any atom is 0.273 e. The van der Waals surface area contributed by atoms with E-state index in [1.807, 2.05) is 0 Å². The minimum absolute atomic E-state index is 0.171. The van der Waals surface area contributed by atoms with E-state index in [0.29, 0.717) is 0 Å². The van der Waals surface area contributed by atoms with Crippen molar-refractivity contribution < 1.29 is 18.7 Å². The second-order valence-electron chi connectivity index (χ2n) is 5.00. The number of carbonyl (C=O) groups excluding carboxylic acids is 1. The molecule has 1 aromatic heterocycles. The molecule has 0 aliphatic carbocycles. The fourth-order valence-electron chi connectivity index (χ4n) is 2.36. The summed E-state index contributed by atoms with van der Waals surface area (Å²) in [5.41, 5.74) is -1.75. The van der Waals surface area contributed by atoms with E-state index in [1.165, 1.54) is 43.0 Å². The molecule has 4 nitrogen and oxygen atoms in total. The zero-order valence-corrected chi connectivity index (χ0v) is 11.9. The Morgan fingerprint density at radius 2 is 1.43 bits per heavy atom. The second kappa shape index (κ2) is 5.73.